The van der Waals surface area contributed by atoms with E-state index in [1.807, 2.05) is 18.7 Å². The van der Waals surface area contributed by atoms with Crippen LogP contribution in [0.25, 0.3) is 0 Å². The third kappa shape index (κ3) is 4.98. The van der Waals surface area contributed by atoms with E-state index >= 15 is 0 Å². The number of nitrogens with zero attached hydrogens (tertiary/aromatic N) is 3. The number of carbonyl (C=O) groups is 2. The molecule has 4 rings (SSSR count). The zero-order valence-corrected chi connectivity index (χ0v) is 19.3. The lowest BCUT2D eigenvalue weighted by Crippen LogP contribution is -2.49. The Kier molecular flexibility index (Phi) is 6.96. The Labute approximate surface area is 184 Å². The number of rotatable bonds is 5. The van der Waals surface area contributed by atoms with Crippen molar-refractivity contribution in [3.05, 3.63) is 10.6 Å². The van der Waals surface area contributed by atoms with Crippen LogP contribution in [0.2, 0.25) is 0 Å². The van der Waals surface area contributed by atoms with Crippen LogP contribution in [0.4, 0.5) is 5.13 Å². The van der Waals surface area contributed by atoms with Gasteiger partial charge in [-0.1, -0.05) is 33.1 Å². The van der Waals surface area contributed by atoms with E-state index in [9.17, 15) is 9.59 Å². The molecule has 166 valence electrons. The minimum absolute atomic E-state index is 0.0601. The molecule has 6 nitrogen and oxygen atoms in total. The Bertz CT molecular complexity index is 748. The first-order chi connectivity index (χ1) is 14.5. The molecular formula is C23H36N4O2S. The number of amides is 2. The Balaban J connectivity index is 1.29. The van der Waals surface area contributed by atoms with Gasteiger partial charge in [-0.25, -0.2) is 4.98 Å². The molecule has 7 heteroatoms. The van der Waals surface area contributed by atoms with Crippen molar-refractivity contribution in [3.63, 3.8) is 0 Å². The van der Waals surface area contributed by atoms with Gasteiger partial charge in [0.1, 0.15) is 0 Å². The first-order valence-corrected chi connectivity index (χ1v) is 12.6. The molecule has 1 saturated carbocycles. The van der Waals surface area contributed by atoms with Gasteiger partial charge in [-0.15, -0.1) is 11.3 Å². The molecule has 1 N–H and O–H groups in total. The van der Waals surface area contributed by atoms with Gasteiger partial charge < -0.3 is 15.1 Å². The topological polar surface area (TPSA) is 65.5 Å². The lowest BCUT2D eigenvalue weighted by molar-refractivity contribution is -0.134. The number of aromatic nitrogens is 1. The highest BCUT2D eigenvalue weighted by Gasteiger charge is 2.30. The van der Waals surface area contributed by atoms with Gasteiger partial charge in [0, 0.05) is 49.4 Å². The summed E-state index contributed by atoms with van der Waals surface area (Å²) in [6.07, 6.45) is 9.16. The van der Waals surface area contributed by atoms with Gasteiger partial charge in [-0.2, -0.15) is 0 Å². The van der Waals surface area contributed by atoms with Crippen LogP contribution >= 0.6 is 11.3 Å². The molecule has 2 amide bonds. The molecule has 0 aromatic carbocycles. The number of carbonyl (C=O) groups excluding carboxylic acids is 2. The van der Waals surface area contributed by atoms with E-state index in [1.54, 1.807) is 11.3 Å². The monoisotopic (exact) mass is 432 g/mol. The molecule has 1 atom stereocenters. The van der Waals surface area contributed by atoms with Crippen LogP contribution < -0.4 is 10.2 Å². The fourth-order valence-electron chi connectivity index (χ4n) is 4.98. The number of nitrogens with one attached hydrogen (secondary N) is 1. The van der Waals surface area contributed by atoms with Crippen molar-refractivity contribution >= 4 is 28.3 Å². The molecule has 0 bridgehead atoms. The van der Waals surface area contributed by atoms with Crippen molar-refractivity contribution in [2.45, 2.75) is 65.2 Å². The summed E-state index contributed by atoms with van der Waals surface area (Å²) in [6, 6.07) is 0. The fraction of sp³-hybridized carbons (Fsp3) is 0.783. The first-order valence-electron chi connectivity index (χ1n) is 11.8. The van der Waals surface area contributed by atoms with Crippen LogP contribution in [0.3, 0.4) is 0 Å². The number of anilines is 1. The molecule has 3 aliphatic rings. The molecule has 0 unspecified atom stereocenters. The maximum atomic E-state index is 12.7. The summed E-state index contributed by atoms with van der Waals surface area (Å²) in [5.74, 6) is 1.31. The summed E-state index contributed by atoms with van der Waals surface area (Å²) in [5, 5.41) is 4.31. The summed E-state index contributed by atoms with van der Waals surface area (Å²) >= 11 is 1.76. The maximum absolute atomic E-state index is 12.7. The number of aryl methyl sites for hydroxylation is 1. The van der Waals surface area contributed by atoms with Crippen molar-refractivity contribution < 1.29 is 9.59 Å². The standard InChI is InChI=1S/C23H36N4O2S/c1-16(2)22(29)26-10-12-27(13-11-26)23-25-19-9-8-18(14-20(19)30-23)21(28)24-15-17-6-4-3-5-7-17/h16-18H,3-15H2,1-2H3,(H,24,28)/t18-/m1/s1. The zero-order chi connectivity index (χ0) is 21.1. The van der Waals surface area contributed by atoms with Crippen LogP contribution in [0.1, 0.15) is 62.9 Å². The molecule has 0 radical (unpaired) electrons. The largest absolute Gasteiger partial charge is 0.356 e. The minimum Gasteiger partial charge on any atom is -0.356 e. The van der Waals surface area contributed by atoms with Crippen molar-refractivity contribution in [1.82, 2.24) is 15.2 Å². The molecule has 1 saturated heterocycles. The average Bonchev–Trinajstić information content (AvgIpc) is 3.21. The van der Waals surface area contributed by atoms with E-state index in [2.05, 4.69) is 10.2 Å². The van der Waals surface area contributed by atoms with Crippen molar-refractivity contribution in [1.29, 1.82) is 0 Å². The normalized spacial score (nSPS) is 22.8. The summed E-state index contributed by atoms with van der Waals surface area (Å²) in [5.41, 5.74) is 1.19. The Morgan fingerprint density at radius 1 is 1.10 bits per heavy atom. The quantitative estimate of drug-likeness (QED) is 0.776. The molecule has 0 spiro atoms. The van der Waals surface area contributed by atoms with Crippen molar-refractivity contribution in [3.8, 4) is 0 Å². The predicted molar refractivity (Wildman–Crippen MR) is 121 cm³/mol. The molecule has 2 heterocycles. The van der Waals surface area contributed by atoms with Crippen molar-refractivity contribution in [2.24, 2.45) is 17.8 Å². The van der Waals surface area contributed by atoms with E-state index in [0.717, 1.165) is 57.1 Å². The number of hydrogen-bond acceptors (Lipinski definition) is 5. The van der Waals surface area contributed by atoms with Crippen LogP contribution in [-0.4, -0.2) is 54.4 Å². The smallest absolute Gasteiger partial charge is 0.225 e. The molecule has 2 aliphatic carbocycles. The van der Waals surface area contributed by atoms with Crippen LogP contribution in [0.5, 0.6) is 0 Å². The third-order valence-corrected chi connectivity index (χ3v) is 8.13. The van der Waals surface area contributed by atoms with Crippen molar-refractivity contribution in [2.75, 3.05) is 37.6 Å². The van der Waals surface area contributed by atoms with Gasteiger partial charge in [0.2, 0.25) is 11.8 Å². The number of fused-ring (bicyclic) bond motifs is 1. The number of thiazole rings is 1. The van der Waals surface area contributed by atoms with Gasteiger partial charge in [0.25, 0.3) is 0 Å². The summed E-state index contributed by atoms with van der Waals surface area (Å²) in [4.78, 5) is 35.4. The number of piperazine rings is 1. The second-order valence-electron chi connectivity index (χ2n) is 9.52. The molecule has 1 aromatic heterocycles. The Morgan fingerprint density at radius 3 is 2.53 bits per heavy atom. The van der Waals surface area contributed by atoms with Gasteiger partial charge in [0.15, 0.2) is 5.13 Å². The van der Waals surface area contributed by atoms with E-state index < -0.39 is 0 Å². The van der Waals surface area contributed by atoms with Crippen LogP contribution in [-0.2, 0) is 22.4 Å². The summed E-state index contributed by atoms with van der Waals surface area (Å²) in [6.45, 7) is 8.01. The minimum atomic E-state index is 0.0601. The molecule has 2 fully saturated rings. The van der Waals surface area contributed by atoms with E-state index in [4.69, 9.17) is 4.98 Å². The van der Waals surface area contributed by atoms with Crippen LogP contribution in [0, 0.1) is 17.8 Å². The van der Waals surface area contributed by atoms with Gasteiger partial charge in [-0.05, 0) is 38.0 Å². The Morgan fingerprint density at radius 2 is 1.83 bits per heavy atom. The van der Waals surface area contributed by atoms with E-state index in [0.29, 0.717) is 5.92 Å². The van der Waals surface area contributed by atoms with Gasteiger partial charge >= 0.3 is 0 Å². The van der Waals surface area contributed by atoms with E-state index in [1.165, 1.54) is 42.7 Å². The number of hydrogen-bond donors (Lipinski definition) is 1. The molecule has 30 heavy (non-hydrogen) atoms. The Hall–Kier alpha value is -1.63. The second-order valence-corrected chi connectivity index (χ2v) is 10.6. The highest BCUT2D eigenvalue weighted by Crippen LogP contribution is 2.34. The zero-order valence-electron chi connectivity index (χ0n) is 18.5. The first kappa shape index (κ1) is 21.6. The maximum Gasteiger partial charge on any atom is 0.225 e. The predicted octanol–water partition coefficient (Wildman–Crippen LogP) is 3.25. The second kappa shape index (κ2) is 9.67. The fourth-order valence-corrected chi connectivity index (χ4v) is 6.22. The molecular weight excluding hydrogens is 396 g/mol. The highest BCUT2D eigenvalue weighted by molar-refractivity contribution is 7.15. The van der Waals surface area contributed by atoms with Crippen LogP contribution in [0.15, 0.2) is 0 Å². The molecule has 1 aliphatic heterocycles. The third-order valence-electron chi connectivity index (χ3n) is 6.94. The summed E-state index contributed by atoms with van der Waals surface area (Å²) in [7, 11) is 0. The lowest BCUT2D eigenvalue weighted by Gasteiger charge is -2.35. The SMILES string of the molecule is CC(C)C(=O)N1CCN(c2nc3c(s2)C[C@H](C(=O)NCC2CCCCC2)CC3)CC1. The highest BCUT2D eigenvalue weighted by atomic mass is 32.1. The summed E-state index contributed by atoms with van der Waals surface area (Å²) < 4.78 is 0. The van der Waals surface area contributed by atoms with Gasteiger partial charge in [-0.3, -0.25) is 9.59 Å². The lowest BCUT2D eigenvalue weighted by atomic mass is 9.88. The average molecular weight is 433 g/mol. The van der Waals surface area contributed by atoms with E-state index in [-0.39, 0.29) is 23.7 Å². The molecule has 1 aromatic rings. The van der Waals surface area contributed by atoms with Gasteiger partial charge in [0.05, 0.1) is 5.69 Å².